The number of carbonyl (C=O) groups excluding carboxylic acids is 3. The Hall–Kier alpha value is -3.54. The highest BCUT2D eigenvalue weighted by Crippen LogP contribution is 2.34. The zero-order valence-electron chi connectivity index (χ0n) is 16.7. The Labute approximate surface area is 175 Å². The highest BCUT2D eigenvalue weighted by molar-refractivity contribution is 6.10. The summed E-state index contributed by atoms with van der Waals surface area (Å²) in [6, 6.07) is 8.54. The number of methoxy groups -OCH3 is 2. The number of oxime groups is 1. The predicted molar refractivity (Wildman–Crippen MR) is 101 cm³/mol. The fraction of sp³-hybridized carbons (Fsp3) is 0.368. The van der Waals surface area contributed by atoms with Gasteiger partial charge in [0.15, 0.2) is 11.4 Å². The number of nitrogens with two attached hydrogens (primary N) is 1. The fourth-order valence-electron chi connectivity index (χ4n) is 2.63. The molecule has 31 heavy (non-hydrogen) atoms. The molecular weight excluding hydrogens is 420 g/mol. The van der Waals surface area contributed by atoms with Gasteiger partial charge in [0.25, 0.3) is 5.92 Å². The topological polar surface area (TPSA) is 139 Å². The Balaban J connectivity index is 2.27. The molecule has 168 valence electrons. The number of halogens is 2. The standard InChI is InChI=1S/C19H21F2N3O7/c1-28-14(25)8-13(15(26)29-2)31-24-16(22)19(10-18(20,21)11-23-19)17(27)30-9-12-6-4-3-5-7-12/h3-8,23H,9-11H2,1-2H3,(H2,22,24)/t19-/m0/s1. The van der Waals surface area contributed by atoms with Crippen LogP contribution in [0.15, 0.2) is 47.3 Å². The third kappa shape index (κ3) is 5.98. The second kappa shape index (κ2) is 9.98. The molecule has 12 heteroatoms. The second-order valence-corrected chi connectivity index (χ2v) is 6.44. The number of rotatable bonds is 8. The van der Waals surface area contributed by atoms with Gasteiger partial charge in [-0.3, -0.25) is 5.32 Å². The van der Waals surface area contributed by atoms with Crippen LogP contribution in [-0.4, -0.2) is 56.0 Å². The summed E-state index contributed by atoms with van der Waals surface area (Å²) in [5, 5.41) is 5.73. The predicted octanol–water partition coefficient (Wildman–Crippen LogP) is 0.616. The molecule has 0 amide bonds. The molecule has 2 rings (SSSR count). The molecule has 0 aliphatic carbocycles. The quantitative estimate of drug-likeness (QED) is 0.113. The lowest BCUT2D eigenvalue weighted by Crippen LogP contribution is -2.58. The number of amidine groups is 1. The van der Waals surface area contributed by atoms with Crippen LogP contribution < -0.4 is 11.1 Å². The van der Waals surface area contributed by atoms with E-state index in [1.54, 1.807) is 30.3 Å². The lowest BCUT2D eigenvalue weighted by atomic mass is 9.95. The number of esters is 3. The Morgan fingerprint density at radius 2 is 1.87 bits per heavy atom. The first-order valence-electron chi connectivity index (χ1n) is 8.86. The van der Waals surface area contributed by atoms with Gasteiger partial charge in [-0.1, -0.05) is 35.5 Å². The first-order valence-corrected chi connectivity index (χ1v) is 8.86. The van der Waals surface area contributed by atoms with E-state index < -0.39 is 53.9 Å². The average molecular weight is 441 g/mol. The SMILES string of the molecule is COC(=O)C=C(ON=C(N)[C@]1(C(=O)OCc2ccccc2)CC(F)(F)CN1)C(=O)OC. The van der Waals surface area contributed by atoms with Crippen molar-refractivity contribution in [2.45, 2.75) is 24.5 Å². The Kier molecular flexibility index (Phi) is 7.64. The van der Waals surface area contributed by atoms with Gasteiger partial charge in [-0.15, -0.1) is 0 Å². The van der Waals surface area contributed by atoms with E-state index in [0.717, 1.165) is 14.2 Å². The zero-order valence-corrected chi connectivity index (χ0v) is 16.7. The highest BCUT2D eigenvalue weighted by Gasteiger charge is 2.58. The Morgan fingerprint density at radius 3 is 2.42 bits per heavy atom. The number of alkyl halides is 2. The summed E-state index contributed by atoms with van der Waals surface area (Å²) in [5.41, 5.74) is 4.20. The lowest BCUT2D eigenvalue weighted by Gasteiger charge is -2.25. The maximum absolute atomic E-state index is 14.0. The van der Waals surface area contributed by atoms with Gasteiger partial charge in [0.1, 0.15) is 6.61 Å². The number of nitrogens with zero attached hydrogens (tertiary/aromatic N) is 1. The Morgan fingerprint density at radius 1 is 1.19 bits per heavy atom. The van der Waals surface area contributed by atoms with Gasteiger partial charge in [0.2, 0.25) is 5.76 Å². The molecule has 1 saturated heterocycles. The van der Waals surface area contributed by atoms with Crippen molar-refractivity contribution in [2.75, 3.05) is 20.8 Å². The number of hydrogen-bond donors (Lipinski definition) is 2. The van der Waals surface area contributed by atoms with Crippen molar-refractivity contribution < 1.29 is 42.2 Å². The number of ether oxygens (including phenoxy) is 3. The minimum atomic E-state index is -3.29. The zero-order chi connectivity index (χ0) is 23.1. The van der Waals surface area contributed by atoms with Crippen LogP contribution in [-0.2, 0) is 40.0 Å². The van der Waals surface area contributed by atoms with Crippen molar-refractivity contribution in [3.8, 4) is 0 Å². The molecule has 0 bridgehead atoms. The summed E-state index contributed by atoms with van der Waals surface area (Å²) in [5.74, 6) is -7.98. The molecule has 0 aromatic heterocycles. The van der Waals surface area contributed by atoms with Gasteiger partial charge in [-0.25, -0.2) is 23.2 Å². The smallest absolute Gasteiger partial charge is 0.377 e. The normalized spacial score (nSPS) is 20.6. The largest absolute Gasteiger partial charge is 0.466 e. The van der Waals surface area contributed by atoms with E-state index in [-0.39, 0.29) is 6.61 Å². The van der Waals surface area contributed by atoms with Crippen LogP contribution in [0.2, 0.25) is 0 Å². The van der Waals surface area contributed by atoms with Crippen molar-refractivity contribution in [1.29, 1.82) is 0 Å². The van der Waals surface area contributed by atoms with Crippen molar-refractivity contribution in [1.82, 2.24) is 5.32 Å². The molecule has 3 N–H and O–H groups in total. The van der Waals surface area contributed by atoms with E-state index >= 15 is 0 Å². The highest BCUT2D eigenvalue weighted by atomic mass is 19.3. The molecular formula is C19H21F2N3O7. The van der Waals surface area contributed by atoms with Crippen molar-refractivity contribution >= 4 is 23.7 Å². The Bertz CT molecular complexity index is 890. The van der Waals surface area contributed by atoms with Gasteiger partial charge < -0.3 is 24.8 Å². The molecule has 1 aromatic carbocycles. The molecule has 0 radical (unpaired) electrons. The summed E-state index contributed by atoms with van der Waals surface area (Å²) in [7, 11) is 2.05. The lowest BCUT2D eigenvalue weighted by molar-refractivity contribution is -0.150. The van der Waals surface area contributed by atoms with Crippen molar-refractivity contribution in [3.05, 3.63) is 47.7 Å². The third-order valence-corrected chi connectivity index (χ3v) is 4.25. The third-order valence-electron chi connectivity index (χ3n) is 4.25. The van der Waals surface area contributed by atoms with E-state index in [1.165, 1.54) is 0 Å². The summed E-state index contributed by atoms with van der Waals surface area (Å²) in [6.45, 7) is -1.07. The molecule has 1 aliphatic rings. The van der Waals surface area contributed by atoms with E-state index in [9.17, 15) is 23.2 Å². The van der Waals surface area contributed by atoms with Crippen LogP contribution in [0.3, 0.4) is 0 Å². The molecule has 1 atom stereocenters. The average Bonchev–Trinajstić information content (AvgIpc) is 3.11. The second-order valence-electron chi connectivity index (χ2n) is 6.44. The molecule has 10 nitrogen and oxygen atoms in total. The van der Waals surface area contributed by atoms with Gasteiger partial charge in [-0.05, 0) is 5.56 Å². The maximum atomic E-state index is 14.0. The maximum Gasteiger partial charge on any atom is 0.377 e. The van der Waals surface area contributed by atoms with Gasteiger partial charge in [0.05, 0.1) is 26.8 Å². The number of nitrogens with one attached hydrogen (secondary N) is 1. The van der Waals surface area contributed by atoms with Crippen LogP contribution in [0, 0.1) is 0 Å². The molecule has 1 aliphatic heterocycles. The van der Waals surface area contributed by atoms with Gasteiger partial charge >= 0.3 is 17.9 Å². The van der Waals surface area contributed by atoms with Crippen LogP contribution in [0.4, 0.5) is 8.78 Å². The van der Waals surface area contributed by atoms with Crippen LogP contribution >= 0.6 is 0 Å². The summed E-state index contributed by atoms with van der Waals surface area (Å²) < 4.78 is 41.9. The summed E-state index contributed by atoms with van der Waals surface area (Å²) >= 11 is 0. The molecule has 0 saturated carbocycles. The monoisotopic (exact) mass is 441 g/mol. The number of hydrogen-bond acceptors (Lipinski definition) is 9. The summed E-state index contributed by atoms with van der Waals surface area (Å²) in [4.78, 5) is 40.6. The van der Waals surface area contributed by atoms with Crippen LogP contribution in [0.1, 0.15) is 12.0 Å². The van der Waals surface area contributed by atoms with E-state index in [0.29, 0.717) is 11.6 Å². The van der Waals surface area contributed by atoms with E-state index in [1.807, 2.05) is 0 Å². The number of carbonyl (C=O) groups is 3. The van der Waals surface area contributed by atoms with E-state index in [4.69, 9.17) is 15.3 Å². The van der Waals surface area contributed by atoms with Gasteiger partial charge in [0, 0.05) is 6.42 Å². The van der Waals surface area contributed by atoms with Crippen LogP contribution in [0.25, 0.3) is 0 Å². The minimum Gasteiger partial charge on any atom is -0.466 e. The van der Waals surface area contributed by atoms with Crippen molar-refractivity contribution in [2.24, 2.45) is 10.9 Å². The molecule has 0 spiro atoms. The van der Waals surface area contributed by atoms with E-state index in [2.05, 4.69) is 19.9 Å². The molecule has 0 unspecified atom stereocenters. The molecule has 1 fully saturated rings. The fourth-order valence-corrected chi connectivity index (χ4v) is 2.63. The number of benzene rings is 1. The summed E-state index contributed by atoms with van der Waals surface area (Å²) in [6.07, 6.45) is -0.444. The first-order chi connectivity index (χ1) is 14.6. The van der Waals surface area contributed by atoms with Crippen molar-refractivity contribution in [3.63, 3.8) is 0 Å². The first kappa shape index (κ1) is 23.7. The van der Waals surface area contributed by atoms with Crippen LogP contribution in [0.5, 0.6) is 0 Å². The molecule has 1 heterocycles. The molecule has 1 aromatic rings. The van der Waals surface area contributed by atoms with Gasteiger partial charge in [-0.2, -0.15) is 0 Å². The minimum absolute atomic E-state index is 0.196.